The molecule has 0 saturated heterocycles. The van der Waals surface area contributed by atoms with Crippen LogP contribution in [0.4, 0.5) is 10.1 Å². The van der Waals surface area contributed by atoms with Crippen molar-refractivity contribution in [1.82, 2.24) is 4.90 Å². The Balaban J connectivity index is 2.57. The molecule has 0 aliphatic rings. The molecule has 5 heteroatoms. The summed E-state index contributed by atoms with van der Waals surface area (Å²) in [5.41, 5.74) is 0.290. The molecule has 0 spiro atoms. The normalized spacial score (nSPS) is 10.6. The fourth-order valence-corrected chi connectivity index (χ4v) is 1.33. The Morgan fingerprint density at radius 2 is 2.24 bits per heavy atom. The maximum atomic E-state index is 13.5. The zero-order valence-electron chi connectivity index (χ0n) is 10.0. The largest absolute Gasteiger partial charge is 0.478 e. The number of hydrogen-bond donors (Lipinski definition) is 2. The quantitative estimate of drug-likeness (QED) is 0.797. The zero-order valence-corrected chi connectivity index (χ0v) is 10.0. The van der Waals surface area contributed by atoms with Gasteiger partial charge < -0.3 is 15.3 Å². The number of anilines is 1. The van der Waals surface area contributed by atoms with E-state index in [0.29, 0.717) is 12.2 Å². The van der Waals surface area contributed by atoms with Crippen molar-refractivity contribution in [1.29, 1.82) is 0 Å². The van der Waals surface area contributed by atoms with E-state index in [1.54, 1.807) is 0 Å². The molecule has 0 aliphatic carbocycles. The Bertz CT molecular complexity index is 396. The van der Waals surface area contributed by atoms with Crippen LogP contribution in [0, 0.1) is 5.82 Å². The van der Waals surface area contributed by atoms with Gasteiger partial charge >= 0.3 is 5.97 Å². The lowest BCUT2D eigenvalue weighted by Gasteiger charge is -2.15. The lowest BCUT2D eigenvalue weighted by Crippen LogP contribution is -2.24. The maximum Gasteiger partial charge on any atom is 0.335 e. The standard InChI is InChI=1S/C12H17FN2O2/c1-3-15(2)7-6-14-11-5-4-9(12(16)17)8-10(11)13/h4-5,8,14H,3,6-7H2,1-2H3,(H,16,17). The average molecular weight is 240 g/mol. The molecule has 1 aromatic rings. The Morgan fingerprint density at radius 1 is 1.53 bits per heavy atom. The van der Waals surface area contributed by atoms with Gasteiger partial charge in [0.1, 0.15) is 5.82 Å². The van der Waals surface area contributed by atoms with E-state index in [1.807, 2.05) is 14.0 Å². The van der Waals surface area contributed by atoms with Crippen LogP contribution in [-0.2, 0) is 0 Å². The highest BCUT2D eigenvalue weighted by Gasteiger charge is 2.07. The third-order valence-corrected chi connectivity index (χ3v) is 2.56. The summed E-state index contributed by atoms with van der Waals surface area (Å²) >= 11 is 0. The van der Waals surface area contributed by atoms with E-state index in [-0.39, 0.29) is 5.56 Å². The van der Waals surface area contributed by atoms with Gasteiger partial charge in [-0.2, -0.15) is 0 Å². The highest BCUT2D eigenvalue weighted by molar-refractivity contribution is 5.88. The zero-order chi connectivity index (χ0) is 12.8. The first-order valence-electron chi connectivity index (χ1n) is 5.50. The van der Waals surface area contributed by atoms with Crippen LogP contribution >= 0.6 is 0 Å². The van der Waals surface area contributed by atoms with Gasteiger partial charge in [-0.3, -0.25) is 0 Å². The number of carboxylic acids is 1. The smallest absolute Gasteiger partial charge is 0.335 e. The molecule has 2 N–H and O–H groups in total. The fraction of sp³-hybridized carbons (Fsp3) is 0.417. The summed E-state index contributed by atoms with van der Waals surface area (Å²) in [7, 11) is 1.98. The monoisotopic (exact) mass is 240 g/mol. The third-order valence-electron chi connectivity index (χ3n) is 2.56. The molecule has 1 aromatic carbocycles. The van der Waals surface area contributed by atoms with Gasteiger partial charge in [-0.25, -0.2) is 9.18 Å². The highest BCUT2D eigenvalue weighted by Crippen LogP contribution is 2.15. The van der Waals surface area contributed by atoms with Gasteiger partial charge in [0.25, 0.3) is 0 Å². The van der Waals surface area contributed by atoms with Crippen molar-refractivity contribution in [3.05, 3.63) is 29.6 Å². The molecule has 1 rings (SSSR count). The molecular formula is C12H17FN2O2. The van der Waals surface area contributed by atoms with Crippen LogP contribution < -0.4 is 5.32 Å². The van der Waals surface area contributed by atoms with E-state index in [0.717, 1.165) is 19.2 Å². The Morgan fingerprint density at radius 3 is 2.76 bits per heavy atom. The lowest BCUT2D eigenvalue weighted by molar-refractivity contribution is 0.0696. The first kappa shape index (κ1) is 13.4. The van der Waals surface area contributed by atoms with Gasteiger partial charge in [-0.15, -0.1) is 0 Å². The van der Waals surface area contributed by atoms with E-state index >= 15 is 0 Å². The Labute approximate surface area is 100 Å². The van der Waals surface area contributed by atoms with E-state index in [1.165, 1.54) is 12.1 Å². The summed E-state index contributed by atoms with van der Waals surface area (Å²) in [6, 6.07) is 3.86. The van der Waals surface area contributed by atoms with Gasteiger partial charge in [0.2, 0.25) is 0 Å². The van der Waals surface area contributed by atoms with E-state index < -0.39 is 11.8 Å². The average Bonchev–Trinajstić information content (AvgIpc) is 2.30. The first-order chi connectivity index (χ1) is 8.04. The van der Waals surface area contributed by atoms with Crippen LogP contribution in [0.1, 0.15) is 17.3 Å². The molecule has 0 unspecified atom stereocenters. The number of halogens is 1. The minimum absolute atomic E-state index is 0.0428. The molecule has 0 heterocycles. The SMILES string of the molecule is CCN(C)CCNc1ccc(C(=O)O)cc1F. The minimum Gasteiger partial charge on any atom is -0.478 e. The molecule has 0 bridgehead atoms. The van der Waals surface area contributed by atoms with Gasteiger partial charge in [0.15, 0.2) is 0 Å². The summed E-state index contributed by atoms with van der Waals surface area (Å²) in [5.74, 6) is -1.66. The molecule has 0 amide bonds. The predicted octanol–water partition coefficient (Wildman–Crippen LogP) is 1.89. The van der Waals surface area contributed by atoms with Crippen molar-refractivity contribution in [2.45, 2.75) is 6.92 Å². The third kappa shape index (κ3) is 4.03. The number of rotatable bonds is 6. The summed E-state index contributed by atoms with van der Waals surface area (Å²) in [6.07, 6.45) is 0. The number of nitrogens with zero attached hydrogens (tertiary/aromatic N) is 1. The predicted molar refractivity (Wildman–Crippen MR) is 65.0 cm³/mol. The Hall–Kier alpha value is -1.62. The molecule has 4 nitrogen and oxygen atoms in total. The second-order valence-corrected chi connectivity index (χ2v) is 3.82. The summed E-state index contributed by atoms with van der Waals surface area (Å²) in [4.78, 5) is 12.7. The van der Waals surface area contributed by atoms with Gasteiger partial charge in [0.05, 0.1) is 11.3 Å². The fourth-order valence-electron chi connectivity index (χ4n) is 1.33. The van der Waals surface area contributed by atoms with E-state index in [4.69, 9.17) is 5.11 Å². The lowest BCUT2D eigenvalue weighted by atomic mass is 10.2. The van der Waals surface area contributed by atoms with Crippen LogP contribution in [-0.4, -0.2) is 42.7 Å². The molecule has 0 atom stereocenters. The topological polar surface area (TPSA) is 52.6 Å². The van der Waals surface area contributed by atoms with Crippen molar-refractivity contribution >= 4 is 11.7 Å². The van der Waals surface area contributed by atoms with Crippen LogP contribution in [0.25, 0.3) is 0 Å². The number of benzene rings is 1. The van der Waals surface area contributed by atoms with Crippen LogP contribution in [0.3, 0.4) is 0 Å². The number of likely N-dealkylation sites (N-methyl/N-ethyl adjacent to an activating group) is 1. The van der Waals surface area contributed by atoms with Gasteiger partial charge in [-0.1, -0.05) is 6.92 Å². The number of carbonyl (C=O) groups is 1. The Kier molecular flexibility index (Phi) is 4.90. The van der Waals surface area contributed by atoms with Crippen LogP contribution in [0.5, 0.6) is 0 Å². The molecule has 0 aliphatic heterocycles. The number of nitrogens with one attached hydrogen (secondary N) is 1. The van der Waals surface area contributed by atoms with Crippen molar-refractivity contribution in [3.63, 3.8) is 0 Å². The van der Waals surface area contributed by atoms with Crippen molar-refractivity contribution < 1.29 is 14.3 Å². The maximum absolute atomic E-state index is 13.5. The highest BCUT2D eigenvalue weighted by atomic mass is 19.1. The molecule has 0 fully saturated rings. The molecule has 0 aromatic heterocycles. The molecule has 0 radical (unpaired) electrons. The van der Waals surface area contributed by atoms with E-state index in [9.17, 15) is 9.18 Å². The number of hydrogen-bond acceptors (Lipinski definition) is 3. The number of aromatic carboxylic acids is 1. The van der Waals surface area contributed by atoms with Crippen molar-refractivity contribution in [2.75, 3.05) is 32.0 Å². The summed E-state index contributed by atoms with van der Waals surface area (Å²) < 4.78 is 13.5. The molecule has 0 saturated carbocycles. The van der Waals surface area contributed by atoms with E-state index in [2.05, 4.69) is 10.2 Å². The summed E-state index contributed by atoms with van der Waals surface area (Å²) in [6.45, 7) is 4.40. The van der Waals surface area contributed by atoms with Crippen LogP contribution in [0.2, 0.25) is 0 Å². The first-order valence-corrected chi connectivity index (χ1v) is 5.50. The molecule has 94 valence electrons. The second-order valence-electron chi connectivity index (χ2n) is 3.82. The van der Waals surface area contributed by atoms with Crippen LogP contribution in [0.15, 0.2) is 18.2 Å². The van der Waals surface area contributed by atoms with Crippen molar-refractivity contribution in [2.24, 2.45) is 0 Å². The minimum atomic E-state index is -1.12. The van der Waals surface area contributed by atoms with Gasteiger partial charge in [0, 0.05) is 13.1 Å². The number of carboxylic acid groups (broad SMARTS) is 1. The van der Waals surface area contributed by atoms with Gasteiger partial charge in [-0.05, 0) is 31.8 Å². The molecular weight excluding hydrogens is 223 g/mol. The summed E-state index contributed by atoms with van der Waals surface area (Å²) in [5, 5.41) is 11.6. The molecule has 17 heavy (non-hydrogen) atoms. The van der Waals surface area contributed by atoms with Crippen molar-refractivity contribution in [3.8, 4) is 0 Å². The second kappa shape index (κ2) is 6.20.